The van der Waals surface area contributed by atoms with Gasteiger partial charge in [-0.25, -0.2) is 13.6 Å². The van der Waals surface area contributed by atoms with Gasteiger partial charge in [-0.1, -0.05) is 24.3 Å². The molecule has 0 spiro atoms. The van der Waals surface area contributed by atoms with Crippen LogP contribution in [0.4, 0.5) is 14.5 Å². The van der Waals surface area contributed by atoms with Gasteiger partial charge >= 0.3 is 5.97 Å². The topological polar surface area (TPSA) is 55.4 Å². The fourth-order valence-electron chi connectivity index (χ4n) is 2.85. The Kier molecular flexibility index (Phi) is 6.37. The predicted molar refractivity (Wildman–Crippen MR) is 112 cm³/mol. The van der Waals surface area contributed by atoms with Crippen molar-refractivity contribution in [3.63, 3.8) is 0 Å². The fourth-order valence-corrected chi connectivity index (χ4v) is 2.85. The van der Waals surface area contributed by atoms with E-state index in [9.17, 15) is 18.4 Å². The maximum atomic E-state index is 13.9. The Morgan fingerprint density at radius 1 is 0.900 bits per heavy atom. The van der Waals surface area contributed by atoms with Gasteiger partial charge in [-0.3, -0.25) is 4.79 Å². The normalized spacial score (nSPS) is 11.1. The number of amides is 1. The smallest absolute Gasteiger partial charge is 0.336 e. The SMILES string of the molecule is CC(=O)Nc1ccc(OC(=O)C=C(C)c2ccc(-c3ccc(F)cc3F)cc2)cc1. The number of nitrogens with one attached hydrogen (secondary N) is 1. The summed E-state index contributed by atoms with van der Waals surface area (Å²) in [5.41, 5.74) is 2.93. The van der Waals surface area contributed by atoms with Crippen molar-refractivity contribution >= 4 is 23.1 Å². The number of carbonyl (C=O) groups excluding carboxylic acids is 2. The highest BCUT2D eigenvalue weighted by molar-refractivity contribution is 5.92. The van der Waals surface area contributed by atoms with E-state index < -0.39 is 17.6 Å². The third kappa shape index (κ3) is 5.38. The second-order valence-corrected chi connectivity index (χ2v) is 6.66. The lowest BCUT2D eigenvalue weighted by atomic mass is 10.0. The molecule has 0 saturated heterocycles. The second kappa shape index (κ2) is 9.13. The minimum atomic E-state index is -0.636. The van der Waals surface area contributed by atoms with Crippen molar-refractivity contribution in [2.45, 2.75) is 13.8 Å². The molecule has 1 N–H and O–H groups in total. The number of carbonyl (C=O) groups is 2. The number of allylic oxidation sites excluding steroid dienone is 1. The molecule has 30 heavy (non-hydrogen) atoms. The van der Waals surface area contributed by atoms with E-state index in [2.05, 4.69) is 5.32 Å². The van der Waals surface area contributed by atoms with Crippen LogP contribution in [-0.4, -0.2) is 11.9 Å². The molecule has 0 fully saturated rings. The molecule has 3 aromatic carbocycles. The molecule has 0 heterocycles. The lowest BCUT2D eigenvalue weighted by Crippen LogP contribution is -2.07. The maximum absolute atomic E-state index is 13.9. The molecule has 4 nitrogen and oxygen atoms in total. The summed E-state index contributed by atoms with van der Waals surface area (Å²) in [4.78, 5) is 23.2. The van der Waals surface area contributed by atoms with Crippen LogP contribution in [0.5, 0.6) is 5.75 Å². The second-order valence-electron chi connectivity index (χ2n) is 6.66. The van der Waals surface area contributed by atoms with E-state index in [1.54, 1.807) is 55.5 Å². The van der Waals surface area contributed by atoms with Crippen LogP contribution in [0.1, 0.15) is 19.4 Å². The Hall–Kier alpha value is -3.80. The zero-order chi connectivity index (χ0) is 21.7. The summed E-state index contributed by atoms with van der Waals surface area (Å²) in [6, 6.07) is 16.8. The number of esters is 1. The molecular formula is C24H19F2NO3. The first-order valence-electron chi connectivity index (χ1n) is 9.15. The van der Waals surface area contributed by atoms with Gasteiger partial charge in [-0.15, -0.1) is 0 Å². The van der Waals surface area contributed by atoms with Crippen molar-refractivity contribution in [3.8, 4) is 16.9 Å². The molecule has 152 valence electrons. The number of anilines is 1. The van der Waals surface area contributed by atoms with Crippen LogP contribution in [0.25, 0.3) is 16.7 Å². The molecule has 0 aromatic heterocycles. The lowest BCUT2D eigenvalue weighted by Gasteiger charge is -2.07. The van der Waals surface area contributed by atoms with Crippen LogP contribution < -0.4 is 10.1 Å². The Morgan fingerprint density at radius 2 is 1.57 bits per heavy atom. The van der Waals surface area contributed by atoms with Gasteiger partial charge in [-0.05, 0) is 60.0 Å². The Morgan fingerprint density at radius 3 is 2.17 bits per heavy atom. The lowest BCUT2D eigenvalue weighted by molar-refractivity contribution is -0.129. The minimum absolute atomic E-state index is 0.188. The number of hydrogen-bond acceptors (Lipinski definition) is 3. The molecule has 1 amide bonds. The summed E-state index contributed by atoms with van der Waals surface area (Å²) in [5.74, 6) is -1.65. The van der Waals surface area contributed by atoms with Crippen LogP contribution in [0.15, 0.2) is 72.8 Å². The fraction of sp³-hybridized carbons (Fsp3) is 0.0833. The average Bonchev–Trinajstić information content (AvgIpc) is 2.69. The van der Waals surface area contributed by atoms with Crippen LogP contribution >= 0.6 is 0 Å². The van der Waals surface area contributed by atoms with E-state index in [4.69, 9.17) is 4.74 Å². The van der Waals surface area contributed by atoms with Gasteiger partial charge in [0.2, 0.25) is 5.91 Å². The Labute approximate surface area is 172 Å². The molecule has 0 saturated carbocycles. The molecule has 0 unspecified atom stereocenters. The van der Waals surface area contributed by atoms with Crippen LogP contribution in [0.2, 0.25) is 0 Å². The maximum Gasteiger partial charge on any atom is 0.336 e. The first kappa shape index (κ1) is 20.9. The number of benzene rings is 3. The highest BCUT2D eigenvalue weighted by Crippen LogP contribution is 2.25. The van der Waals surface area contributed by atoms with Gasteiger partial charge in [-0.2, -0.15) is 0 Å². The highest BCUT2D eigenvalue weighted by atomic mass is 19.1. The Balaban J connectivity index is 1.68. The molecule has 3 rings (SSSR count). The van der Waals surface area contributed by atoms with Crippen molar-refractivity contribution in [2.24, 2.45) is 0 Å². The Bertz CT molecular complexity index is 1100. The number of halogens is 2. The summed E-state index contributed by atoms with van der Waals surface area (Å²) in [6.07, 6.45) is 1.36. The third-order valence-electron chi connectivity index (χ3n) is 4.31. The molecule has 6 heteroatoms. The van der Waals surface area contributed by atoms with E-state index in [0.29, 0.717) is 28.1 Å². The van der Waals surface area contributed by atoms with Crippen LogP contribution in [0.3, 0.4) is 0 Å². The van der Waals surface area contributed by atoms with Gasteiger partial charge in [0.05, 0.1) is 0 Å². The highest BCUT2D eigenvalue weighted by Gasteiger charge is 2.08. The molecule has 0 aliphatic rings. The minimum Gasteiger partial charge on any atom is -0.423 e. The zero-order valence-corrected chi connectivity index (χ0v) is 16.4. The summed E-state index contributed by atoms with van der Waals surface area (Å²) >= 11 is 0. The van der Waals surface area contributed by atoms with E-state index in [1.807, 2.05) is 0 Å². The monoisotopic (exact) mass is 407 g/mol. The van der Waals surface area contributed by atoms with Crippen molar-refractivity contribution in [1.29, 1.82) is 0 Å². The average molecular weight is 407 g/mol. The van der Waals surface area contributed by atoms with E-state index >= 15 is 0 Å². The molecule has 0 atom stereocenters. The van der Waals surface area contributed by atoms with Gasteiger partial charge in [0.1, 0.15) is 17.4 Å². The van der Waals surface area contributed by atoms with Crippen molar-refractivity contribution in [2.75, 3.05) is 5.32 Å². The van der Waals surface area contributed by atoms with Crippen molar-refractivity contribution < 1.29 is 23.1 Å². The first-order chi connectivity index (χ1) is 14.3. The molecule has 0 bridgehead atoms. The standard InChI is InChI=1S/C24H19F2NO3/c1-15(13-24(29)30-21-10-8-20(9-11-21)27-16(2)28)17-3-5-18(6-4-17)22-12-7-19(25)14-23(22)26/h3-14H,1-2H3,(H,27,28). The molecule has 0 aliphatic heterocycles. The van der Waals surface area contributed by atoms with E-state index in [-0.39, 0.29) is 5.91 Å². The quantitative estimate of drug-likeness (QED) is 0.340. The van der Waals surface area contributed by atoms with E-state index in [1.165, 1.54) is 25.1 Å². The van der Waals surface area contributed by atoms with Crippen molar-refractivity contribution in [3.05, 3.63) is 90.0 Å². The summed E-state index contributed by atoms with van der Waals surface area (Å²) in [5, 5.41) is 2.63. The molecule has 0 radical (unpaired) electrons. The molecular weight excluding hydrogens is 388 g/mol. The van der Waals surface area contributed by atoms with Crippen LogP contribution in [-0.2, 0) is 9.59 Å². The number of hydrogen-bond donors (Lipinski definition) is 1. The van der Waals surface area contributed by atoms with Gasteiger partial charge < -0.3 is 10.1 Å². The van der Waals surface area contributed by atoms with Gasteiger partial charge in [0.15, 0.2) is 0 Å². The first-order valence-corrected chi connectivity index (χ1v) is 9.15. The largest absolute Gasteiger partial charge is 0.423 e. The summed E-state index contributed by atoms with van der Waals surface area (Å²) in [6.45, 7) is 3.17. The predicted octanol–water partition coefficient (Wildman–Crippen LogP) is 5.60. The third-order valence-corrected chi connectivity index (χ3v) is 4.31. The zero-order valence-electron chi connectivity index (χ0n) is 16.4. The summed E-state index contributed by atoms with van der Waals surface area (Å²) in [7, 11) is 0. The molecule has 0 aliphatic carbocycles. The van der Waals surface area contributed by atoms with Gasteiger partial charge in [0.25, 0.3) is 0 Å². The number of rotatable bonds is 5. The summed E-state index contributed by atoms with van der Waals surface area (Å²) < 4.78 is 32.3. The van der Waals surface area contributed by atoms with Crippen molar-refractivity contribution in [1.82, 2.24) is 0 Å². The van der Waals surface area contributed by atoms with Gasteiger partial charge in [0, 0.05) is 30.3 Å². The van der Waals surface area contributed by atoms with Crippen LogP contribution in [0, 0.1) is 11.6 Å². The number of ether oxygens (including phenoxy) is 1. The van der Waals surface area contributed by atoms with E-state index in [0.717, 1.165) is 11.6 Å². The molecule has 3 aromatic rings.